The number of carbonyl (C=O) groups is 1. The van der Waals surface area contributed by atoms with Crippen LogP contribution in [-0.2, 0) is 21.4 Å². The van der Waals surface area contributed by atoms with Crippen LogP contribution < -0.4 is 10.5 Å². The Hall–Kier alpha value is -3.43. The average molecular weight is 459 g/mol. The molecule has 0 atom stereocenters. The SMILES string of the molecule is Cc1cc(S(=O)(=O)N(C)Cc2ccc(OCC(=O)O)c(-c3cccc(N)c3)c2)ccc1F. The third kappa shape index (κ3) is 5.24. The van der Waals surface area contributed by atoms with Crippen LogP contribution in [0, 0.1) is 12.7 Å². The van der Waals surface area contributed by atoms with Crippen molar-refractivity contribution in [2.45, 2.75) is 18.4 Å². The molecule has 0 spiro atoms. The van der Waals surface area contributed by atoms with E-state index in [1.165, 1.54) is 26.1 Å². The summed E-state index contributed by atoms with van der Waals surface area (Å²) in [4.78, 5) is 10.9. The van der Waals surface area contributed by atoms with Gasteiger partial charge in [-0.25, -0.2) is 17.6 Å². The molecule has 3 aromatic carbocycles. The fraction of sp³-hybridized carbons (Fsp3) is 0.174. The Labute approximate surface area is 185 Å². The molecular weight excluding hydrogens is 435 g/mol. The molecule has 0 bridgehead atoms. The summed E-state index contributed by atoms with van der Waals surface area (Å²) in [5.41, 5.74) is 8.57. The van der Waals surface area contributed by atoms with E-state index >= 15 is 0 Å². The van der Waals surface area contributed by atoms with Crippen LogP contribution in [0.2, 0.25) is 0 Å². The molecule has 0 radical (unpaired) electrons. The number of aryl methyl sites for hydroxylation is 1. The van der Waals surface area contributed by atoms with Crippen molar-refractivity contribution in [2.75, 3.05) is 19.4 Å². The van der Waals surface area contributed by atoms with Gasteiger partial charge in [-0.05, 0) is 66.1 Å². The summed E-state index contributed by atoms with van der Waals surface area (Å²) >= 11 is 0. The molecule has 9 heteroatoms. The number of sulfonamides is 1. The smallest absolute Gasteiger partial charge is 0.341 e. The molecule has 0 fully saturated rings. The molecule has 0 aliphatic heterocycles. The second-order valence-electron chi connectivity index (χ2n) is 7.31. The van der Waals surface area contributed by atoms with Gasteiger partial charge in [-0.1, -0.05) is 18.2 Å². The van der Waals surface area contributed by atoms with E-state index in [9.17, 15) is 17.6 Å². The molecule has 7 nitrogen and oxygen atoms in total. The van der Waals surface area contributed by atoms with E-state index in [1.807, 2.05) is 0 Å². The number of nitrogen functional groups attached to an aromatic ring is 1. The van der Waals surface area contributed by atoms with Crippen LogP contribution in [0.5, 0.6) is 5.75 Å². The molecule has 3 N–H and O–H groups in total. The van der Waals surface area contributed by atoms with Crippen molar-refractivity contribution < 1.29 is 27.4 Å². The van der Waals surface area contributed by atoms with Crippen LogP contribution in [0.25, 0.3) is 11.1 Å². The summed E-state index contributed by atoms with van der Waals surface area (Å²) in [5, 5.41) is 8.95. The van der Waals surface area contributed by atoms with Crippen LogP contribution in [-0.4, -0.2) is 37.5 Å². The summed E-state index contributed by atoms with van der Waals surface area (Å²) in [5.74, 6) is -1.26. The molecular formula is C23H23FN2O5S. The maximum absolute atomic E-state index is 13.6. The zero-order valence-corrected chi connectivity index (χ0v) is 18.4. The largest absolute Gasteiger partial charge is 0.481 e. The van der Waals surface area contributed by atoms with Gasteiger partial charge in [0.1, 0.15) is 11.6 Å². The zero-order valence-electron chi connectivity index (χ0n) is 17.6. The van der Waals surface area contributed by atoms with Crippen LogP contribution in [0.1, 0.15) is 11.1 Å². The number of hydrogen-bond acceptors (Lipinski definition) is 5. The number of aliphatic carboxylic acids is 1. The summed E-state index contributed by atoms with van der Waals surface area (Å²) in [6.45, 7) is 1.02. The Morgan fingerprint density at radius 3 is 2.53 bits per heavy atom. The highest BCUT2D eigenvalue weighted by atomic mass is 32.2. The molecule has 168 valence electrons. The van der Waals surface area contributed by atoms with Crippen LogP contribution in [0.15, 0.2) is 65.6 Å². The van der Waals surface area contributed by atoms with Gasteiger partial charge in [-0.15, -0.1) is 0 Å². The second kappa shape index (κ2) is 9.37. The number of carboxylic acids is 1. The number of nitrogens with zero attached hydrogens (tertiary/aromatic N) is 1. The van der Waals surface area contributed by atoms with Gasteiger partial charge in [-0.2, -0.15) is 4.31 Å². The van der Waals surface area contributed by atoms with E-state index in [0.717, 1.165) is 10.4 Å². The number of anilines is 1. The maximum Gasteiger partial charge on any atom is 0.341 e. The van der Waals surface area contributed by atoms with Crippen molar-refractivity contribution in [3.63, 3.8) is 0 Å². The van der Waals surface area contributed by atoms with Crippen LogP contribution in [0.4, 0.5) is 10.1 Å². The van der Waals surface area contributed by atoms with Gasteiger partial charge < -0.3 is 15.6 Å². The minimum absolute atomic E-state index is 0.00336. The molecule has 0 unspecified atom stereocenters. The van der Waals surface area contributed by atoms with Gasteiger partial charge in [-0.3, -0.25) is 0 Å². The quantitative estimate of drug-likeness (QED) is 0.499. The topological polar surface area (TPSA) is 110 Å². The van der Waals surface area contributed by atoms with Crippen molar-refractivity contribution in [2.24, 2.45) is 0 Å². The zero-order chi connectivity index (χ0) is 23.5. The van der Waals surface area contributed by atoms with E-state index in [1.54, 1.807) is 42.5 Å². The minimum atomic E-state index is -3.85. The van der Waals surface area contributed by atoms with E-state index in [2.05, 4.69) is 0 Å². The molecule has 0 saturated carbocycles. The highest BCUT2D eigenvalue weighted by molar-refractivity contribution is 7.89. The Morgan fingerprint density at radius 1 is 1.12 bits per heavy atom. The lowest BCUT2D eigenvalue weighted by Crippen LogP contribution is -2.26. The monoisotopic (exact) mass is 458 g/mol. The predicted octanol–water partition coefficient (Wildman–Crippen LogP) is 3.67. The number of carboxylic acid groups (broad SMARTS) is 1. The molecule has 0 aliphatic carbocycles. The van der Waals surface area contributed by atoms with E-state index in [0.29, 0.717) is 28.1 Å². The molecule has 0 amide bonds. The second-order valence-corrected chi connectivity index (χ2v) is 9.36. The molecule has 3 rings (SSSR count). The van der Waals surface area contributed by atoms with Gasteiger partial charge in [0.2, 0.25) is 10.0 Å². The minimum Gasteiger partial charge on any atom is -0.481 e. The lowest BCUT2D eigenvalue weighted by atomic mass is 10.0. The first kappa shape index (κ1) is 23.2. The van der Waals surface area contributed by atoms with Gasteiger partial charge >= 0.3 is 5.97 Å². The first-order valence-electron chi connectivity index (χ1n) is 9.64. The highest BCUT2D eigenvalue weighted by Gasteiger charge is 2.22. The Bertz CT molecular complexity index is 1260. The fourth-order valence-corrected chi connectivity index (χ4v) is 4.42. The van der Waals surface area contributed by atoms with Gasteiger partial charge in [0.05, 0.1) is 4.90 Å². The van der Waals surface area contributed by atoms with Crippen molar-refractivity contribution in [1.82, 2.24) is 4.31 Å². The summed E-state index contributed by atoms with van der Waals surface area (Å²) in [6.07, 6.45) is 0. The van der Waals surface area contributed by atoms with Crippen LogP contribution >= 0.6 is 0 Å². The van der Waals surface area contributed by atoms with E-state index in [4.69, 9.17) is 15.6 Å². The Balaban J connectivity index is 1.94. The third-order valence-corrected chi connectivity index (χ3v) is 6.63. The van der Waals surface area contributed by atoms with Crippen molar-refractivity contribution in [1.29, 1.82) is 0 Å². The number of ether oxygens (including phenoxy) is 1. The lowest BCUT2D eigenvalue weighted by Gasteiger charge is -2.19. The van der Waals surface area contributed by atoms with E-state index in [-0.39, 0.29) is 17.0 Å². The first-order chi connectivity index (χ1) is 15.1. The molecule has 0 saturated heterocycles. The van der Waals surface area contributed by atoms with Crippen LogP contribution in [0.3, 0.4) is 0 Å². The Morgan fingerprint density at radius 2 is 1.88 bits per heavy atom. The number of rotatable bonds is 8. The van der Waals surface area contributed by atoms with Crippen molar-refractivity contribution >= 4 is 21.7 Å². The van der Waals surface area contributed by atoms with Crippen molar-refractivity contribution in [3.05, 3.63) is 77.6 Å². The predicted molar refractivity (Wildman–Crippen MR) is 119 cm³/mol. The summed E-state index contributed by atoms with van der Waals surface area (Å²) in [6, 6.07) is 15.6. The Kier molecular flexibility index (Phi) is 6.81. The number of hydrogen-bond donors (Lipinski definition) is 2. The molecule has 0 aliphatic rings. The van der Waals surface area contributed by atoms with Gasteiger partial charge in [0, 0.05) is 24.8 Å². The van der Waals surface area contributed by atoms with Gasteiger partial charge in [0.15, 0.2) is 6.61 Å². The lowest BCUT2D eigenvalue weighted by molar-refractivity contribution is -0.139. The maximum atomic E-state index is 13.6. The molecule has 0 aromatic heterocycles. The molecule has 32 heavy (non-hydrogen) atoms. The normalized spacial score (nSPS) is 11.5. The van der Waals surface area contributed by atoms with E-state index < -0.39 is 28.4 Å². The number of halogens is 1. The summed E-state index contributed by atoms with van der Waals surface area (Å²) in [7, 11) is -2.42. The van der Waals surface area contributed by atoms with Crippen molar-refractivity contribution in [3.8, 4) is 16.9 Å². The first-order valence-corrected chi connectivity index (χ1v) is 11.1. The average Bonchev–Trinajstić information content (AvgIpc) is 2.74. The highest BCUT2D eigenvalue weighted by Crippen LogP contribution is 2.33. The number of nitrogens with two attached hydrogens (primary N) is 1. The molecule has 3 aromatic rings. The third-order valence-electron chi connectivity index (χ3n) is 4.84. The standard InChI is InChI=1S/C23H23FN2O5S/c1-15-10-19(7-8-21(15)24)32(29,30)26(2)13-16-6-9-22(31-14-23(27)28)20(11-16)17-4-3-5-18(25)12-17/h3-12H,13-14,25H2,1-2H3,(H,27,28). The summed E-state index contributed by atoms with van der Waals surface area (Å²) < 4.78 is 46.0. The fourth-order valence-electron chi connectivity index (χ4n) is 3.17. The van der Waals surface area contributed by atoms with Gasteiger partial charge in [0.25, 0.3) is 0 Å². The molecule has 0 heterocycles. The number of benzene rings is 3.